The van der Waals surface area contributed by atoms with Gasteiger partial charge in [0.15, 0.2) is 6.04 Å². The lowest BCUT2D eigenvalue weighted by molar-refractivity contribution is -0.161. The molecule has 0 aromatic heterocycles. The number of thioether (sulfide) groups is 1. The Kier molecular flexibility index (Phi) is 4.41. The second kappa shape index (κ2) is 6.29. The molecule has 1 unspecified atom stereocenters. The zero-order valence-corrected chi connectivity index (χ0v) is 14.5. The number of aromatic hydroxyl groups is 1. The van der Waals surface area contributed by atoms with Crippen molar-refractivity contribution >= 4 is 35.8 Å². The third kappa shape index (κ3) is 2.71. The highest BCUT2D eigenvalue weighted by molar-refractivity contribution is 8.02. The number of carboxylic acid groups (broad SMARTS) is 1. The van der Waals surface area contributed by atoms with Gasteiger partial charge in [0.2, 0.25) is 11.8 Å². The SMILES string of the molecule is CC1(C=O)S[C@@H]2[C@H](NC(=O)[C@H](N)c3ccc(O)cc3)C(=O)N2[C@H]1C(=O)O. The van der Waals surface area contributed by atoms with Crippen LogP contribution < -0.4 is 11.1 Å². The molecule has 0 saturated carbocycles. The van der Waals surface area contributed by atoms with Crippen LogP contribution in [0.15, 0.2) is 24.3 Å². The van der Waals surface area contributed by atoms with Gasteiger partial charge in [-0.1, -0.05) is 12.1 Å². The van der Waals surface area contributed by atoms with Crippen molar-refractivity contribution in [3.8, 4) is 5.75 Å². The number of nitrogens with zero attached hydrogens (tertiary/aromatic N) is 1. The first-order chi connectivity index (χ1) is 12.2. The summed E-state index contributed by atoms with van der Waals surface area (Å²) in [5, 5.41) is 20.5. The van der Waals surface area contributed by atoms with Crippen LogP contribution in [0.3, 0.4) is 0 Å². The topological polar surface area (TPSA) is 150 Å². The first kappa shape index (κ1) is 18.2. The molecule has 1 aromatic carbocycles. The summed E-state index contributed by atoms with van der Waals surface area (Å²) in [6, 6.07) is 2.47. The Hall–Kier alpha value is -2.59. The van der Waals surface area contributed by atoms with E-state index in [-0.39, 0.29) is 5.75 Å². The predicted molar refractivity (Wildman–Crippen MR) is 91.1 cm³/mol. The molecule has 2 aliphatic heterocycles. The van der Waals surface area contributed by atoms with Crippen molar-refractivity contribution in [2.75, 3.05) is 0 Å². The Morgan fingerprint density at radius 2 is 2.00 bits per heavy atom. The van der Waals surface area contributed by atoms with Crippen molar-refractivity contribution in [1.29, 1.82) is 0 Å². The minimum Gasteiger partial charge on any atom is -0.508 e. The zero-order chi connectivity index (χ0) is 19.2. The van der Waals surface area contributed by atoms with E-state index < -0.39 is 46.0 Å². The number of amides is 2. The van der Waals surface area contributed by atoms with Crippen LogP contribution in [-0.4, -0.2) is 61.4 Å². The summed E-state index contributed by atoms with van der Waals surface area (Å²) in [5.41, 5.74) is 6.33. The van der Waals surface area contributed by atoms with E-state index in [9.17, 15) is 29.4 Å². The highest BCUT2D eigenvalue weighted by Crippen LogP contribution is 2.50. The van der Waals surface area contributed by atoms with Crippen LogP contribution in [0, 0.1) is 0 Å². The molecule has 2 saturated heterocycles. The third-order valence-corrected chi connectivity index (χ3v) is 6.14. The van der Waals surface area contributed by atoms with Crippen molar-refractivity contribution in [3.05, 3.63) is 29.8 Å². The minimum absolute atomic E-state index is 0.0291. The molecule has 0 aliphatic carbocycles. The van der Waals surface area contributed by atoms with Gasteiger partial charge in [0.05, 0.1) is 0 Å². The molecule has 9 nitrogen and oxygen atoms in total. The number of hydrogen-bond donors (Lipinski definition) is 4. The number of aldehydes is 1. The van der Waals surface area contributed by atoms with E-state index in [2.05, 4.69) is 5.32 Å². The highest BCUT2D eigenvalue weighted by atomic mass is 32.2. The van der Waals surface area contributed by atoms with Crippen LogP contribution in [0.4, 0.5) is 0 Å². The molecule has 0 bridgehead atoms. The Morgan fingerprint density at radius 1 is 1.38 bits per heavy atom. The first-order valence-corrected chi connectivity index (χ1v) is 8.61. The monoisotopic (exact) mass is 379 g/mol. The number of fused-ring (bicyclic) bond motifs is 1. The second-order valence-corrected chi connectivity index (χ2v) is 7.95. The maximum absolute atomic E-state index is 12.3. The number of aliphatic carboxylic acids is 1. The highest BCUT2D eigenvalue weighted by Gasteiger charge is 2.66. The number of carbonyl (C=O) groups excluding carboxylic acids is 3. The van der Waals surface area contributed by atoms with Crippen LogP contribution in [-0.2, 0) is 19.2 Å². The average Bonchev–Trinajstić information content (AvgIpc) is 2.90. The fourth-order valence-electron chi connectivity index (χ4n) is 3.15. The van der Waals surface area contributed by atoms with Gasteiger partial charge in [-0.3, -0.25) is 9.59 Å². The number of rotatable bonds is 5. The van der Waals surface area contributed by atoms with Crippen LogP contribution in [0.2, 0.25) is 0 Å². The Balaban J connectivity index is 1.73. The number of benzene rings is 1. The molecule has 2 fully saturated rings. The summed E-state index contributed by atoms with van der Waals surface area (Å²) in [7, 11) is 0. The molecular weight excluding hydrogens is 362 g/mol. The number of phenolic OH excluding ortho intramolecular Hbond substituents is 1. The fraction of sp³-hybridized carbons (Fsp3) is 0.375. The third-order valence-electron chi connectivity index (χ3n) is 4.58. The van der Waals surface area contributed by atoms with Gasteiger partial charge in [-0.05, 0) is 24.6 Å². The van der Waals surface area contributed by atoms with E-state index >= 15 is 0 Å². The molecule has 10 heteroatoms. The van der Waals surface area contributed by atoms with Crippen molar-refractivity contribution in [1.82, 2.24) is 10.2 Å². The maximum Gasteiger partial charge on any atom is 0.328 e. The molecule has 0 spiro atoms. The maximum atomic E-state index is 12.3. The van der Waals surface area contributed by atoms with Crippen molar-refractivity contribution in [2.45, 2.75) is 35.2 Å². The van der Waals surface area contributed by atoms with Gasteiger partial charge in [0, 0.05) is 0 Å². The van der Waals surface area contributed by atoms with E-state index in [1.165, 1.54) is 31.2 Å². The number of carboxylic acids is 1. The summed E-state index contributed by atoms with van der Waals surface area (Å²) < 4.78 is -1.29. The van der Waals surface area contributed by atoms with E-state index in [1.54, 1.807) is 0 Å². The number of carbonyl (C=O) groups is 4. The van der Waals surface area contributed by atoms with E-state index in [0.717, 1.165) is 16.7 Å². The molecule has 5 N–H and O–H groups in total. The van der Waals surface area contributed by atoms with Gasteiger partial charge in [0.25, 0.3) is 0 Å². The Bertz CT molecular complexity index is 785. The van der Waals surface area contributed by atoms with Gasteiger partial charge < -0.3 is 31.0 Å². The summed E-state index contributed by atoms with van der Waals surface area (Å²) in [6.45, 7) is 1.45. The molecule has 2 heterocycles. The molecule has 2 aliphatic rings. The normalized spacial score (nSPS) is 30.9. The average molecular weight is 379 g/mol. The lowest BCUT2D eigenvalue weighted by atomic mass is 9.95. The quantitative estimate of drug-likeness (QED) is 0.384. The second-order valence-electron chi connectivity index (χ2n) is 6.35. The standard InChI is InChI=1S/C16H17N3O6S/c1-16(6-20)11(15(24)25)19-13(23)10(14(19)26-16)18-12(22)9(17)7-2-4-8(21)5-3-7/h2-6,9-11,14,21H,17H2,1H3,(H,18,22)(H,24,25)/t9-,10-,11+,14-,16?/m1/s1. The first-order valence-electron chi connectivity index (χ1n) is 7.73. The van der Waals surface area contributed by atoms with E-state index in [0.29, 0.717) is 11.8 Å². The number of phenols is 1. The number of nitrogens with one attached hydrogen (secondary N) is 1. The largest absolute Gasteiger partial charge is 0.508 e. The Labute approximate surface area is 152 Å². The van der Waals surface area contributed by atoms with Gasteiger partial charge in [-0.2, -0.15) is 0 Å². The molecule has 0 radical (unpaired) electrons. The molecule has 5 atom stereocenters. The van der Waals surface area contributed by atoms with Crippen molar-refractivity contribution in [3.63, 3.8) is 0 Å². The predicted octanol–water partition coefficient (Wildman–Crippen LogP) is -0.797. The zero-order valence-electron chi connectivity index (χ0n) is 13.7. The number of nitrogens with two attached hydrogens (primary N) is 1. The van der Waals surface area contributed by atoms with Gasteiger partial charge in [0.1, 0.15) is 34.2 Å². The van der Waals surface area contributed by atoms with Crippen molar-refractivity contribution in [2.24, 2.45) is 5.73 Å². The summed E-state index contributed by atoms with van der Waals surface area (Å²) >= 11 is 1.03. The molecular formula is C16H17N3O6S. The molecule has 26 heavy (non-hydrogen) atoms. The smallest absolute Gasteiger partial charge is 0.328 e. The fourth-order valence-corrected chi connectivity index (χ4v) is 4.73. The molecule has 3 rings (SSSR count). The molecule has 2 amide bonds. The van der Waals surface area contributed by atoms with Crippen LogP contribution in [0.1, 0.15) is 18.5 Å². The minimum atomic E-state index is -1.29. The molecule has 1 aromatic rings. The summed E-state index contributed by atoms with van der Waals surface area (Å²) in [4.78, 5) is 48.6. The van der Waals surface area contributed by atoms with Gasteiger partial charge in [-0.25, -0.2) is 4.79 Å². The van der Waals surface area contributed by atoms with E-state index in [4.69, 9.17) is 5.73 Å². The van der Waals surface area contributed by atoms with Crippen LogP contribution >= 0.6 is 11.8 Å². The summed E-state index contributed by atoms with van der Waals surface area (Å²) in [6.07, 6.45) is 0.517. The molecule has 138 valence electrons. The lowest BCUT2D eigenvalue weighted by Gasteiger charge is -2.43. The van der Waals surface area contributed by atoms with Crippen LogP contribution in [0.25, 0.3) is 0 Å². The van der Waals surface area contributed by atoms with Gasteiger partial charge in [-0.15, -0.1) is 11.8 Å². The summed E-state index contributed by atoms with van der Waals surface area (Å²) in [5.74, 6) is -2.41. The Morgan fingerprint density at radius 3 is 2.54 bits per heavy atom. The lowest BCUT2D eigenvalue weighted by Crippen LogP contribution is -2.71. The van der Waals surface area contributed by atoms with Crippen molar-refractivity contribution < 1.29 is 29.4 Å². The van der Waals surface area contributed by atoms with E-state index in [1.807, 2.05) is 0 Å². The van der Waals surface area contributed by atoms with Crippen LogP contribution in [0.5, 0.6) is 5.75 Å². The number of β-lactam (4-membered cyclic amide) rings is 1. The van der Waals surface area contributed by atoms with Gasteiger partial charge >= 0.3 is 5.97 Å². The number of hydrogen-bond acceptors (Lipinski definition) is 7.